The molecule has 2 amide bonds. The van der Waals surface area contributed by atoms with E-state index < -0.39 is 5.60 Å². The van der Waals surface area contributed by atoms with E-state index in [9.17, 15) is 9.59 Å². The van der Waals surface area contributed by atoms with Crippen molar-refractivity contribution in [2.24, 2.45) is 11.8 Å². The van der Waals surface area contributed by atoms with E-state index in [2.05, 4.69) is 11.8 Å². The van der Waals surface area contributed by atoms with Crippen molar-refractivity contribution in [1.29, 1.82) is 0 Å². The van der Waals surface area contributed by atoms with Gasteiger partial charge >= 0.3 is 6.09 Å². The summed E-state index contributed by atoms with van der Waals surface area (Å²) in [5.41, 5.74) is -0.431. The van der Waals surface area contributed by atoms with Gasteiger partial charge in [0, 0.05) is 32.6 Å². The SMILES string of the molecule is CCCCCCCCCCCCCCCCC(=O)N1CCC(C2CCN(C(=O)OC(C)(C)C)CC2)CC1. The maximum Gasteiger partial charge on any atom is 0.410 e. The van der Waals surface area contributed by atoms with E-state index in [0.29, 0.717) is 17.7 Å². The molecule has 5 nitrogen and oxygen atoms in total. The topological polar surface area (TPSA) is 49.9 Å². The van der Waals surface area contributed by atoms with Crippen molar-refractivity contribution in [1.82, 2.24) is 9.80 Å². The quantitative estimate of drug-likeness (QED) is 0.191. The molecule has 0 radical (unpaired) electrons. The lowest BCUT2D eigenvalue weighted by atomic mass is 9.79. The van der Waals surface area contributed by atoms with Crippen molar-refractivity contribution in [2.45, 2.75) is 155 Å². The van der Waals surface area contributed by atoms with Crippen molar-refractivity contribution >= 4 is 12.0 Å². The minimum absolute atomic E-state index is 0.171. The third-order valence-electron chi connectivity index (χ3n) is 8.49. The number of amides is 2. The highest BCUT2D eigenvalue weighted by molar-refractivity contribution is 5.76. The van der Waals surface area contributed by atoms with Crippen LogP contribution in [-0.4, -0.2) is 53.6 Å². The van der Waals surface area contributed by atoms with Gasteiger partial charge in [-0.05, 0) is 64.7 Å². The zero-order valence-electron chi connectivity index (χ0n) is 25.0. The number of carbonyl (C=O) groups excluding carboxylic acids is 2. The molecule has 0 atom stereocenters. The fourth-order valence-electron chi connectivity index (χ4n) is 6.13. The van der Waals surface area contributed by atoms with E-state index in [-0.39, 0.29) is 6.09 Å². The van der Waals surface area contributed by atoms with Gasteiger partial charge in [-0.1, -0.05) is 90.4 Å². The number of unbranched alkanes of at least 4 members (excludes halogenated alkanes) is 13. The molecular weight excluding hydrogens is 460 g/mol. The van der Waals surface area contributed by atoms with Crippen LogP contribution in [0.2, 0.25) is 0 Å². The first-order valence-corrected chi connectivity index (χ1v) is 16.1. The second-order valence-corrected chi connectivity index (χ2v) is 12.9. The van der Waals surface area contributed by atoms with Crippen LogP contribution in [0.25, 0.3) is 0 Å². The van der Waals surface area contributed by atoms with E-state index in [0.717, 1.165) is 64.7 Å². The molecule has 0 aromatic carbocycles. The lowest BCUT2D eigenvalue weighted by molar-refractivity contribution is -0.133. The summed E-state index contributed by atoms with van der Waals surface area (Å²) in [5, 5.41) is 0. The smallest absolute Gasteiger partial charge is 0.410 e. The molecule has 0 saturated carbocycles. The number of rotatable bonds is 16. The van der Waals surface area contributed by atoms with Crippen LogP contribution in [0.5, 0.6) is 0 Å². The fourth-order valence-corrected chi connectivity index (χ4v) is 6.13. The number of ether oxygens (including phenoxy) is 1. The first kappa shape index (κ1) is 32.0. The highest BCUT2D eigenvalue weighted by atomic mass is 16.6. The highest BCUT2D eigenvalue weighted by Gasteiger charge is 2.33. The van der Waals surface area contributed by atoms with Crippen LogP contribution in [0, 0.1) is 11.8 Å². The number of nitrogens with zero attached hydrogens (tertiary/aromatic N) is 2. The van der Waals surface area contributed by atoms with Gasteiger partial charge in [-0.25, -0.2) is 4.79 Å². The Balaban J connectivity index is 1.44. The Kier molecular flexibility index (Phi) is 15.6. The van der Waals surface area contributed by atoms with Gasteiger partial charge < -0.3 is 14.5 Å². The molecule has 2 heterocycles. The molecule has 0 aliphatic carbocycles. The zero-order chi connectivity index (χ0) is 26.9. The Morgan fingerprint density at radius 3 is 1.41 bits per heavy atom. The molecule has 216 valence electrons. The van der Waals surface area contributed by atoms with Crippen LogP contribution in [0.1, 0.15) is 150 Å². The number of carbonyl (C=O) groups is 2. The van der Waals surface area contributed by atoms with Crippen LogP contribution in [-0.2, 0) is 9.53 Å². The number of likely N-dealkylation sites (tertiary alicyclic amines) is 2. The molecule has 0 aromatic rings. The largest absolute Gasteiger partial charge is 0.444 e. The highest BCUT2D eigenvalue weighted by Crippen LogP contribution is 2.33. The summed E-state index contributed by atoms with van der Waals surface area (Å²) in [6.45, 7) is 11.5. The summed E-state index contributed by atoms with van der Waals surface area (Å²) >= 11 is 0. The summed E-state index contributed by atoms with van der Waals surface area (Å²) in [6, 6.07) is 0. The van der Waals surface area contributed by atoms with Crippen LogP contribution in [0.15, 0.2) is 0 Å². The molecule has 0 spiro atoms. The molecule has 0 bridgehead atoms. The van der Waals surface area contributed by atoms with Crippen molar-refractivity contribution in [3.8, 4) is 0 Å². The molecular formula is C32H60N2O3. The van der Waals surface area contributed by atoms with E-state index in [1.165, 1.54) is 83.5 Å². The van der Waals surface area contributed by atoms with Gasteiger partial charge in [0.05, 0.1) is 0 Å². The van der Waals surface area contributed by atoms with Gasteiger partial charge in [-0.15, -0.1) is 0 Å². The summed E-state index contributed by atoms with van der Waals surface area (Å²) in [4.78, 5) is 29.0. The molecule has 2 aliphatic heterocycles. The van der Waals surface area contributed by atoms with Crippen LogP contribution in [0.4, 0.5) is 4.79 Å². The first-order chi connectivity index (χ1) is 17.8. The van der Waals surface area contributed by atoms with E-state index >= 15 is 0 Å². The lowest BCUT2D eigenvalue weighted by Gasteiger charge is -2.40. The molecule has 2 saturated heterocycles. The van der Waals surface area contributed by atoms with Crippen molar-refractivity contribution < 1.29 is 14.3 Å². The standard InChI is InChI=1S/C32H60N2O3/c1-5-6-7-8-9-10-11-12-13-14-15-16-17-18-19-30(35)33-24-20-28(21-25-33)29-22-26-34(27-23-29)31(36)37-32(2,3)4/h28-29H,5-27H2,1-4H3. The normalized spacial score (nSPS) is 17.8. The Morgan fingerprint density at radius 2 is 1.00 bits per heavy atom. The number of hydrogen-bond acceptors (Lipinski definition) is 3. The maximum atomic E-state index is 12.7. The van der Waals surface area contributed by atoms with Crippen LogP contribution in [0.3, 0.4) is 0 Å². The average molecular weight is 521 g/mol. The minimum atomic E-state index is -0.431. The Morgan fingerprint density at radius 1 is 0.622 bits per heavy atom. The van der Waals surface area contributed by atoms with E-state index in [1.54, 1.807) is 0 Å². The second-order valence-electron chi connectivity index (χ2n) is 12.9. The van der Waals surface area contributed by atoms with Crippen molar-refractivity contribution in [3.05, 3.63) is 0 Å². The zero-order valence-corrected chi connectivity index (χ0v) is 25.0. The Bertz CT molecular complexity index is 614. The molecule has 2 aliphatic rings. The first-order valence-electron chi connectivity index (χ1n) is 16.1. The molecule has 0 N–H and O–H groups in total. The molecule has 0 aromatic heterocycles. The van der Waals surface area contributed by atoms with Gasteiger partial charge in [0.25, 0.3) is 0 Å². The predicted molar refractivity (Wildman–Crippen MR) is 155 cm³/mol. The van der Waals surface area contributed by atoms with Gasteiger partial charge in [0.1, 0.15) is 5.60 Å². The fraction of sp³-hybridized carbons (Fsp3) is 0.938. The molecule has 2 fully saturated rings. The summed E-state index contributed by atoms with van der Waals surface area (Å²) in [5.74, 6) is 1.75. The Hall–Kier alpha value is -1.26. The monoisotopic (exact) mass is 520 g/mol. The summed E-state index contributed by atoms with van der Waals surface area (Å²) in [6.07, 6.45) is 23.9. The maximum absolute atomic E-state index is 12.7. The summed E-state index contributed by atoms with van der Waals surface area (Å²) < 4.78 is 5.53. The molecule has 37 heavy (non-hydrogen) atoms. The third-order valence-corrected chi connectivity index (χ3v) is 8.49. The van der Waals surface area contributed by atoms with Crippen molar-refractivity contribution in [3.63, 3.8) is 0 Å². The molecule has 2 rings (SSSR count). The second kappa shape index (κ2) is 18.1. The van der Waals surface area contributed by atoms with Crippen LogP contribution < -0.4 is 0 Å². The van der Waals surface area contributed by atoms with Crippen LogP contribution >= 0.6 is 0 Å². The number of piperidine rings is 2. The molecule has 5 heteroatoms. The average Bonchev–Trinajstić information content (AvgIpc) is 2.88. The predicted octanol–water partition coefficient (Wildman–Crippen LogP) is 8.74. The van der Waals surface area contributed by atoms with E-state index in [4.69, 9.17) is 4.74 Å². The van der Waals surface area contributed by atoms with Crippen molar-refractivity contribution in [2.75, 3.05) is 26.2 Å². The molecule has 0 unspecified atom stereocenters. The van der Waals surface area contributed by atoms with Gasteiger partial charge in [0.2, 0.25) is 5.91 Å². The van der Waals surface area contributed by atoms with Gasteiger partial charge in [-0.2, -0.15) is 0 Å². The van der Waals surface area contributed by atoms with Gasteiger partial charge in [0.15, 0.2) is 0 Å². The summed E-state index contributed by atoms with van der Waals surface area (Å²) in [7, 11) is 0. The lowest BCUT2D eigenvalue weighted by Crippen LogP contribution is -2.45. The van der Waals surface area contributed by atoms with Gasteiger partial charge in [-0.3, -0.25) is 4.79 Å². The number of hydrogen-bond donors (Lipinski definition) is 0. The third kappa shape index (κ3) is 13.9. The minimum Gasteiger partial charge on any atom is -0.444 e. The Labute approximate surface area is 229 Å². The van der Waals surface area contributed by atoms with E-state index in [1.807, 2.05) is 25.7 Å².